The second-order valence-electron chi connectivity index (χ2n) is 5.61. The van der Waals surface area contributed by atoms with Crippen LogP contribution in [0.2, 0.25) is 0 Å². The molecule has 1 aromatic rings. The first-order chi connectivity index (χ1) is 9.60. The number of nitrogens with zero attached hydrogens (tertiary/aromatic N) is 1. The third-order valence-electron chi connectivity index (χ3n) is 3.93. The third kappa shape index (κ3) is 5.23. The number of nitrogens with one attached hydrogen (secondary N) is 1. The Labute approximate surface area is 124 Å². The van der Waals surface area contributed by atoms with Gasteiger partial charge in [0.25, 0.3) is 0 Å². The summed E-state index contributed by atoms with van der Waals surface area (Å²) in [5.41, 5.74) is 2.77. The van der Waals surface area contributed by atoms with Crippen molar-refractivity contribution >= 4 is 0 Å². The molecule has 1 N–H and O–H groups in total. The molecule has 1 rings (SSSR count). The van der Waals surface area contributed by atoms with Crippen molar-refractivity contribution in [3.8, 4) is 0 Å². The summed E-state index contributed by atoms with van der Waals surface area (Å²) in [7, 11) is 3.81. The van der Waals surface area contributed by atoms with Gasteiger partial charge in [-0.15, -0.1) is 0 Å². The number of hydrogen-bond acceptors (Lipinski definition) is 3. The van der Waals surface area contributed by atoms with E-state index in [-0.39, 0.29) is 0 Å². The third-order valence-corrected chi connectivity index (χ3v) is 3.93. The van der Waals surface area contributed by atoms with E-state index in [9.17, 15) is 0 Å². The van der Waals surface area contributed by atoms with Crippen molar-refractivity contribution in [3.05, 3.63) is 35.4 Å². The number of methoxy groups -OCH3 is 1. The molecule has 3 nitrogen and oxygen atoms in total. The zero-order valence-electron chi connectivity index (χ0n) is 13.6. The van der Waals surface area contributed by atoms with Gasteiger partial charge >= 0.3 is 0 Å². The molecule has 20 heavy (non-hydrogen) atoms. The van der Waals surface area contributed by atoms with Gasteiger partial charge in [-0.2, -0.15) is 0 Å². The van der Waals surface area contributed by atoms with Crippen LogP contribution in [-0.2, 0) is 4.74 Å². The average Bonchev–Trinajstić information content (AvgIpc) is 2.43. The van der Waals surface area contributed by atoms with Crippen LogP contribution in [0.25, 0.3) is 0 Å². The number of aryl methyl sites for hydroxylation is 1. The monoisotopic (exact) mass is 278 g/mol. The molecule has 0 radical (unpaired) electrons. The largest absolute Gasteiger partial charge is 0.383 e. The zero-order chi connectivity index (χ0) is 15.0. The molecule has 1 unspecified atom stereocenters. The van der Waals surface area contributed by atoms with E-state index < -0.39 is 0 Å². The summed E-state index contributed by atoms with van der Waals surface area (Å²) in [5.74, 6) is 0. The zero-order valence-corrected chi connectivity index (χ0v) is 13.6. The van der Waals surface area contributed by atoms with E-state index in [0.29, 0.717) is 12.1 Å². The van der Waals surface area contributed by atoms with Gasteiger partial charge in [-0.05, 0) is 45.4 Å². The normalized spacial score (nSPS) is 13.2. The quantitative estimate of drug-likeness (QED) is 0.751. The topological polar surface area (TPSA) is 24.5 Å². The summed E-state index contributed by atoms with van der Waals surface area (Å²) >= 11 is 0. The van der Waals surface area contributed by atoms with Gasteiger partial charge in [-0.1, -0.05) is 24.3 Å². The fourth-order valence-electron chi connectivity index (χ4n) is 2.56. The van der Waals surface area contributed by atoms with Crippen LogP contribution in [0, 0.1) is 6.92 Å². The average molecular weight is 278 g/mol. The minimum absolute atomic E-state index is 0.417. The standard InChI is InChI=1S/C17H30N2O/c1-14(2)19(12-13-20-5)11-10-17(18-4)16-9-7-6-8-15(16)3/h6-9,14,17-18H,10-13H2,1-5H3. The molecule has 0 bridgehead atoms. The van der Waals surface area contributed by atoms with E-state index in [1.807, 2.05) is 7.05 Å². The molecular weight excluding hydrogens is 248 g/mol. The van der Waals surface area contributed by atoms with Crippen molar-refractivity contribution in [2.75, 3.05) is 33.9 Å². The lowest BCUT2D eigenvalue weighted by atomic mass is 9.98. The number of hydrogen-bond donors (Lipinski definition) is 1. The maximum atomic E-state index is 5.20. The molecule has 0 amide bonds. The van der Waals surface area contributed by atoms with E-state index in [1.54, 1.807) is 7.11 Å². The molecule has 0 saturated heterocycles. The number of ether oxygens (including phenoxy) is 1. The summed E-state index contributed by atoms with van der Waals surface area (Å²) < 4.78 is 5.20. The Morgan fingerprint density at radius 1 is 1.20 bits per heavy atom. The van der Waals surface area contributed by atoms with Crippen molar-refractivity contribution in [3.63, 3.8) is 0 Å². The Kier molecular flexibility index (Phi) is 7.82. The first-order valence-corrected chi connectivity index (χ1v) is 7.56. The van der Waals surface area contributed by atoms with E-state index >= 15 is 0 Å². The van der Waals surface area contributed by atoms with Crippen LogP contribution in [0.5, 0.6) is 0 Å². The lowest BCUT2D eigenvalue weighted by Crippen LogP contribution is -2.36. The second kappa shape index (κ2) is 9.11. The van der Waals surface area contributed by atoms with Crippen LogP contribution in [0.3, 0.4) is 0 Å². The molecule has 3 heteroatoms. The maximum Gasteiger partial charge on any atom is 0.0589 e. The number of benzene rings is 1. The fourth-order valence-corrected chi connectivity index (χ4v) is 2.56. The molecular formula is C17H30N2O. The van der Waals surface area contributed by atoms with E-state index in [1.165, 1.54) is 11.1 Å². The van der Waals surface area contributed by atoms with Gasteiger partial charge in [0, 0.05) is 32.3 Å². The molecule has 0 fully saturated rings. The molecule has 0 aromatic heterocycles. The molecule has 0 aliphatic carbocycles. The lowest BCUT2D eigenvalue weighted by molar-refractivity contribution is 0.126. The van der Waals surface area contributed by atoms with Crippen LogP contribution < -0.4 is 5.32 Å². The molecule has 0 saturated carbocycles. The van der Waals surface area contributed by atoms with Gasteiger partial charge in [0.2, 0.25) is 0 Å². The van der Waals surface area contributed by atoms with Crippen LogP contribution in [-0.4, -0.2) is 44.8 Å². The highest BCUT2D eigenvalue weighted by molar-refractivity contribution is 5.28. The van der Waals surface area contributed by atoms with Crippen LogP contribution >= 0.6 is 0 Å². The molecule has 0 heterocycles. The van der Waals surface area contributed by atoms with Gasteiger partial charge in [-0.3, -0.25) is 4.90 Å². The van der Waals surface area contributed by atoms with Crippen molar-refractivity contribution in [2.24, 2.45) is 0 Å². The van der Waals surface area contributed by atoms with Crippen LogP contribution in [0.4, 0.5) is 0 Å². The molecule has 1 aromatic carbocycles. The Hall–Kier alpha value is -0.900. The van der Waals surface area contributed by atoms with Gasteiger partial charge in [-0.25, -0.2) is 0 Å². The van der Waals surface area contributed by atoms with Crippen LogP contribution in [0.15, 0.2) is 24.3 Å². The van der Waals surface area contributed by atoms with Gasteiger partial charge < -0.3 is 10.1 Å². The highest BCUT2D eigenvalue weighted by Crippen LogP contribution is 2.20. The summed E-state index contributed by atoms with van der Waals surface area (Å²) in [6.07, 6.45) is 1.11. The summed E-state index contributed by atoms with van der Waals surface area (Å²) in [6, 6.07) is 9.61. The smallest absolute Gasteiger partial charge is 0.0589 e. The van der Waals surface area contributed by atoms with E-state index in [4.69, 9.17) is 4.74 Å². The first kappa shape index (κ1) is 17.2. The summed E-state index contributed by atoms with van der Waals surface area (Å²) in [6.45, 7) is 9.56. The van der Waals surface area contributed by atoms with E-state index in [0.717, 1.165) is 26.1 Å². The molecule has 0 spiro atoms. The van der Waals surface area contributed by atoms with Crippen molar-refractivity contribution in [2.45, 2.75) is 39.3 Å². The summed E-state index contributed by atoms with van der Waals surface area (Å²) in [4.78, 5) is 2.48. The second-order valence-corrected chi connectivity index (χ2v) is 5.61. The molecule has 114 valence electrons. The van der Waals surface area contributed by atoms with E-state index in [2.05, 4.69) is 55.3 Å². The fraction of sp³-hybridized carbons (Fsp3) is 0.647. The highest BCUT2D eigenvalue weighted by Gasteiger charge is 2.15. The summed E-state index contributed by atoms with van der Waals surface area (Å²) in [5, 5.41) is 3.45. The Morgan fingerprint density at radius 3 is 2.45 bits per heavy atom. The maximum absolute atomic E-state index is 5.20. The van der Waals surface area contributed by atoms with Crippen molar-refractivity contribution < 1.29 is 4.74 Å². The minimum Gasteiger partial charge on any atom is -0.383 e. The van der Waals surface area contributed by atoms with Gasteiger partial charge in [0.05, 0.1) is 6.61 Å². The Bertz CT molecular complexity index is 379. The predicted octanol–water partition coefficient (Wildman–Crippen LogP) is 3.00. The Balaban J connectivity index is 2.62. The lowest BCUT2D eigenvalue weighted by Gasteiger charge is -2.28. The molecule has 1 atom stereocenters. The van der Waals surface area contributed by atoms with Crippen LogP contribution in [0.1, 0.15) is 37.4 Å². The number of rotatable bonds is 9. The Morgan fingerprint density at radius 2 is 1.90 bits per heavy atom. The van der Waals surface area contributed by atoms with Gasteiger partial charge in [0.15, 0.2) is 0 Å². The molecule has 0 aliphatic rings. The first-order valence-electron chi connectivity index (χ1n) is 7.56. The highest BCUT2D eigenvalue weighted by atomic mass is 16.5. The van der Waals surface area contributed by atoms with Crippen molar-refractivity contribution in [1.29, 1.82) is 0 Å². The SMILES string of the molecule is CNC(CCN(CCOC)C(C)C)c1ccccc1C. The minimum atomic E-state index is 0.417. The van der Waals surface area contributed by atoms with Gasteiger partial charge in [0.1, 0.15) is 0 Å². The predicted molar refractivity (Wildman–Crippen MR) is 86.2 cm³/mol. The van der Waals surface area contributed by atoms with Crippen molar-refractivity contribution in [1.82, 2.24) is 10.2 Å². The molecule has 0 aliphatic heterocycles.